The van der Waals surface area contributed by atoms with Crippen LogP contribution in [0.3, 0.4) is 0 Å². The van der Waals surface area contributed by atoms with Crippen molar-refractivity contribution in [3.63, 3.8) is 0 Å². The smallest absolute Gasteiger partial charge is 0.190 e. The van der Waals surface area contributed by atoms with E-state index >= 15 is 0 Å². The minimum atomic E-state index is 0.493. The third-order valence-corrected chi connectivity index (χ3v) is 4.19. The Bertz CT molecular complexity index is 502. The first kappa shape index (κ1) is 13.6. The molecular weight excluding hydrogens is 286 g/mol. The molecule has 0 radical (unpaired) electrons. The van der Waals surface area contributed by atoms with Crippen molar-refractivity contribution in [1.29, 1.82) is 0 Å². The van der Waals surface area contributed by atoms with Gasteiger partial charge >= 0.3 is 0 Å². The minimum absolute atomic E-state index is 0.493. The molecule has 0 aliphatic carbocycles. The standard InChI is InChI=1S/C12H14ClN3S2/c1-16(6-5-9-4-3-7-18-9)11-8-10(13)14-12(15-11)17-2/h3-4,7-8H,5-6H2,1-2H3. The van der Waals surface area contributed by atoms with E-state index in [2.05, 4.69) is 32.4 Å². The second-order valence-electron chi connectivity index (χ2n) is 3.79. The molecule has 96 valence electrons. The molecular formula is C12H14ClN3S2. The van der Waals surface area contributed by atoms with Gasteiger partial charge in [0.2, 0.25) is 0 Å². The molecule has 2 rings (SSSR count). The van der Waals surface area contributed by atoms with Gasteiger partial charge in [0.05, 0.1) is 0 Å². The highest BCUT2D eigenvalue weighted by Gasteiger charge is 2.07. The van der Waals surface area contributed by atoms with Gasteiger partial charge in [-0.05, 0) is 24.1 Å². The second-order valence-corrected chi connectivity index (χ2v) is 5.98. The lowest BCUT2D eigenvalue weighted by Gasteiger charge is -2.18. The van der Waals surface area contributed by atoms with Crippen LogP contribution in [0, 0.1) is 0 Å². The third kappa shape index (κ3) is 3.60. The summed E-state index contributed by atoms with van der Waals surface area (Å²) in [5, 5.41) is 3.30. The van der Waals surface area contributed by atoms with Crippen LogP contribution in [0.1, 0.15) is 4.88 Å². The van der Waals surface area contributed by atoms with Crippen LogP contribution >= 0.6 is 34.7 Å². The molecule has 0 atom stereocenters. The van der Waals surface area contributed by atoms with E-state index < -0.39 is 0 Å². The normalized spacial score (nSPS) is 10.6. The summed E-state index contributed by atoms with van der Waals surface area (Å²) in [7, 11) is 2.02. The van der Waals surface area contributed by atoms with Crippen LogP contribution < -0.4 is 4.90 Å². The van der Waals surface area contributed by atoms with Crippen molar-refractivity contribution < 1.29 is 0 Å². The van der Waals surface area contributed by atoms with Crippen molar-refractivity contribution in [2.24, 2.45) is 0 Å². The quantitative estimate of drug-likeness (QED) is 0.479. The highest BCUT2D eigenvalue weighted by Crippen LogP contribution is 2.20. The summed E-state index contributed by atoms with van der Waals surface area (Å²) in [5.74, 6) is 0.871. The summed E-state index contributed by atoms with van der Waals surface area (Å²) in [6.45, 7) is 0.918. The maximum Gasteiger partial charge on any atom is 0.190 e. The minimum Gasteiger partial charge on any atom is -0.359 e. The van der Waals surface area contributed by atoms with E-state index in [0.29, 0.717) is 10.3 Å². The van der Waals surface area contributed by atoms with Crippen LogP contribution in [0.2, 0.25) is 5.15 Å². The van der Waals surface area contributed by atoms with Gasteiger partial charge in [-0.15, -0.1) is 11.3 Å². The van der Waals surface area contributed by atoms with Gasteiger partial charge in [0.25, 0.3) is 0 Å². The van der Waals surface area contributed by atoms with Gasteiger partial charge in [-0.1, -0.05) is 29.4 Å². The Morgan fingerprint density at radius 1 is 1.44 bits per heavy atom. The molecule has 0 aliphatic heterocycles. The Hall–Kier alpha value is -0.780. The van der Waals surface area contributed by atoms with Gasteiger partial charge in [-0.2, -0.15) is 0 Å². The van der Waals surface area contributed by atoms with Gasteiger partial charge in [0, 0.05) is 24.5 Å². The highest BCUT2D eigenvalue weighted by atomic mass is 35.5. The molecule has 0 saturated heterocycles. The molecule has 0 aromatic carbocycles. The lowest BCUT2D eigenvalue weighted by Crippen LogP contribution is -2.21. The molecule has 0 bridgehead atoms. The lowest BCUT2D eigenvalue weighted by molar-refractivity contribution is 0.840. The number of aromatic nitrogens is 2. The Balaban J connectivity index is 2.03. The predicted molar refractivity (Wildman–Crippen MR) is 80.1 cm³/mol. The van der Waals surface area contributed by atoms with Crippen molar-refractivity contribution in [2.75, 3.05) is 24.7 Å². The van der Waals surface area contributed by atoms with Crippen molar-refractivity contribution in [2.45, 2.75) is 11.6 Å². The second kappa shape index (κ2) is 6.41. The lowest BCUT2D eigenvalue weighted by atomic mass is 10.3. The summed E-state index contributed by atoms with van der Waals surface area (Å²) in [6.07, 6.45) is 2.96. The molecule has 0 fully saturated rings. The predicted octanol–water partition coefficient (Wildman–Crippen LogP) is 3.59. The third-order valence-electron chi connectivity index (χ3n) is 2.51. The first-order chi connectivity index (χ1) is 8.69. The van der Waals surface area contributed by atoms with E-state index in [4.69, 9.17) is 11.6 Å². The monoisotopic (exact) mass is 299 g/mol. The average Bonchev–Trinajstić information content (AvgIpc) is 2.88. The molecule has 2 aromatic heterocycles. The average molecular weight is 300 g/mol. The first-order valence-electron chi connectivity index (χ1n) is 5.51. The molecule has 2 aromatic rings. The first-order valence-corrected chi connectivity index (χ1v) is 7.99. The largest absolute Gasteiger partial charge is 0.359 e. The summed E-state index contributed by atoms with van der Waals surface area (Å²) < 4.78 is 0. The summed E-state index contributed by atoms with van der Waals surface area (Å²) >= 11 is 9.26. The Kier molecular flexibility index (Phi) is 4.86. The van der Waals surface area contributed by atoms with Crippen molar-refractivity contribution >= 4 is 40.5 Å². The van der Waals surface area contributed by atoms with Crippen LogP contribution in [-0.2, 0) is 6.42 Å². The zero-order valence-corrected chi connectivity index (χ0v) is 12.6. The number of hydrogen-bond acceptors (Lipinski definition) is 5. The van der Waals surface area contributed by atoms with Gasteiger partial charge in [-0.25, -0.2) is 9.97 Å². The fourth-order valence-corrected chi connectivity index (χ4v) is 2.82. The Morgan fingerprint density at radius 2 is 2.28 bits per heavy atom. The molecule has 0 unspecified atom stereocenters. The molecule has 0 amide bonds. The van der Waals surface area contributed by atoms with E-state index in [1.54, 1.807) is 17.4 Å². The van der Waals surface area contributed by atoms with Gasteiger partial charge in [0.15, 0.2) is 5.16 Å². The molecule has 0 N–H and O–H groups in total. The van der Waals surface area contributed by atoms with Crippen LogP contribution in [0.25, 0.3) is 0 Å². The number of rotatable bonds is 5. The number of halogens is 1. The Labute approximate surface area is 120 Å². The maximum atomic E-state index is 5.98. The van der Waals surface area contributed by atoms with E-state index in [1.807, 2.05) is 13.3 Å². The molecule has 18 heavy (non-hydrogen) atoms. The van der Waals surface area contributed by atoms with Gasteiger partial charge in [-0.3, -0.25) is 0 Å². The Morgan fingerprint density at radius 3 is 2.94 bits per heavy atom. The highest BCUT2D eigenvalue weighted by molar-refractivity contribution is 7.98. The number of thiophene rings is 1. The molecule has 6 heteroatoms. The topological polar surface area (TPSA) is 29.0 Å². The number of anilines is 1. The summed E-state index contributed by atoms with van der Waals surface area (Å²) in [5.41, 5.74) is 0. The molecule has 0 saturated carbocycles. The van der Waals surface area contributed by atoms with Crippen LogP contribution in [0.15, 0.2) is 28.7 Å². The van der Waals surface area contributed by atoms with Crippen LogP contribution in [-0.4, -0.2) is 29.8 Å². The van der Waals surface area contributed by atoms with Gasteiger partial charge < -0.3 is 4.90 Å². The SMILES string of the molecule is CSc1nc(Cl)cc(N(C)CCc2cccs2)n1. The fourth-order valence-electron chi connectivity index (χ4n) is 1.52. The number of likely N-dealkylation sites (N-methyl/N-ethyl adjacent to an activating group) is 1. The maximum absolute atomic E-state index is 5.98. The summed E-state index contributed by atoms with van der Waals surface area (Å²) in [6, 6.07) is 6.03. The molecule has 2 heterocycles. The molecule has 0 spiro atoms. The van der Waals surface area contributed by atoms with Crippen molar-refractivity contribution in [1.82, 2.24) is 9.97 Å². The zero-order valence-electron chi connectivity index (χ0n) is 10.3. The number of nitrogens with zero attached hydrogens (tertiary/aromatic N) is 3. The zero-order chi connectivity index (χ0) is 13.0. The van der Waals surface area contributed by atoms with E-state index in [0.717, 1.165) is 18.8 Å². The van der Waals surface area contributed by atoms with E-state index in [-0.39, 0.29) is 0 Å². The van der Waals surface area contributed by atoms with Crippen LogP contribution in [0.4, 0.5) is 5.82 Å². The molecule has 3 nitrogen and oxygen atoms in total. The van der Waals surface area contributed by atoms with Crippen LogP contribution in [0.5, 0.6) is 0 Å². The number of thioether (sulfide) groups is 1. The van der Waals surface area contributed by atoms with Crippen molar-refractivity contribution in [3.8, 4) is 0 Å². The van der Waals surface area contributed by atoms with E-state index in [1.165, 1.54) is 16.6 Å². The summed E-state index contributed by atoms with van der Waals surface area (Å²) in [4.78, 5) is 12.1. The van der Waals surface area contributed by atoms with E-state index in [9.17, 15) is 0 Å². The fraction of sp³-hybridized carbons (Fsp3) is 0.333. The number of hydrogen-bond donors (Lipinski definition) is 0. The molecule has 0 aliphatic rings. The van der Waals surface area contributed by atoms with Gasteiger partial charge in [0.1, 0.15) is 11.0 Å². The van der Waals surface area contributed by atoms with Crippen molar-refractivity contribution in [3.05, 3.63) is 33.6 Å².